The molecule has 0 radical (unpaired) electrons. The summed E-state index contributed by atoms with van der Waals surface area (Å²) >= 11 is 0. The van der Waals surface area contributed by atoms with Crippen LogP contribution in [0, 0.1) is 0 Å². The van der Waals surface area contributed by atoms with E-state index in [0.29, 0.717) is 12.6 Å². The molecule has 1 aliphatic rings. The summed E-state index contributed by atoms with van der Waals surface area (Å²) in [6.45, 7) is 3.63. The Morgan fingerprint density at radius 2 is 2.17 bits per heavy atom. The highest BCUT2D eigenvalue weighted by atomic mass is 16.5. The molecule has 0 fully saturated rings. The molecular weight excluding hydrogens is 302 g/mol. The second-order valence-electron chi connectivity index (χ2n) is 6.14. The summed E-state index contributed by atoms with van der Waals surface area (Å²) in [7, 11) is 0. The standard InChI is InChI=1S/C18H21N5O/c1-2-17-20-18-9-8-14(12-23(18)21-17)19-11-15-10-16(22-24-15)13-6-4-3-5-7-13/h3-7,10,14,19H,2,8-9,11-12H2,1H3/t14-/m0/s1. The topological polar surface area (TPSA) is 68.8 Å². The van der Waals surface area contributed by atoms with Gasteiger partial charge in [0.2, 0.25) is 0 Å². The largest absolute Gasteiger partial charge is 0.359 e. The second kappa shape index (κ2) is 6.57. The van der Waals surface area contributed by atoms with Gasteiger partial charge in [0, 0.05) is 30.5 Å². The van der Waals surface area contributed by atoms with E-state index in [1.807, 2.05) is 41.1 Å². The Bertz CT molecular complexity index is 808. The van der Waals surface area contributed by atoms with Crippen molar-refractivity contribution in [2.75, 3.05) is 0 Å². The van der Waals surface area contributed by atoms with Crippen LogP contribution in [0.2, 0.25) is 0 Å². The Morgan fingerprint density at radius 3 is 3.00 bits per heavy atom. The average Bonchev–Trinajstić information content (AvgIpc) is 3.27. The molecule has 0 saturated heterocycles. The van der Waals surface area contributed by atoms with E-state index in [1.165, 1.54) is 0 Å². The Morgan fingerprint density at radius 1 is 1.29 bits per heavy atom. The SMILES string of the molecule is CCc1nc2n(n1)C[C@@H](NCc1cc(-c3ccccc3)no1)CC2. The van der Waals surface area contributed by atoms with Gasteiger partial charge < -0.3 is 9.84 Å². The average molecular weight is 323 g/mol. The number of aryl methyl sites for hydroxylation is 2. The van der Waals surface area contributed by atoms with Gasteiger partial charge in [0.15, 0.2) is 11.6 Å². The molecule has 3 heterocycles. The predicted octanol–water partition coefficient (Wildman–Crippen LogP) is 2.60. The van der Waals surface area contributed by atoms with Crippen molar-refractivity contribution < 1.29 is 4.52 Å². The first-order valence-corrected chi connectivity index (χ1v) is 8.49. The number of hydrogen-bond acceptors (Lipinski definition) is 5. The smallest absolute Gasteiger partial charge is 0.151 e. The van der Waals surface area contributed by atoms with Gasteiger partial charge in [0.25, 0.3) is 0 Å². The minimum Gasteiger partial charge on any atom is -0.359 e. The second-order valence-corrected chi connectivity index (χ2v) is 6.14. The fourth-order valence-corrected chi connectivity index (χ4v) is 3.06. The number of fused-ring (bicyclic) bond motifs is 1. The minimum atomic E-state index is 0.384. The molecule has 0 unspecified atom stereocenters. The van der Waals surface area contributed by atoms with Gasteiger partial charge in [0.1, 0.15) is 11.5 Å². The number of rotatable bonds is 5. The molecule has 3 aromatic rings. The van der Waals surface area contributed by atoms with Crippen molar-refractivity contribution in [1.29, 1.82) is 0 Å². The lowest BCUT2D eigenvalue weighted by Crippen LogP contribution is -2.37. The van der Waals surface area contributed by atoms with Gasteiger partial charge in [-0.3, -0.25) is 0 Å². The Kier molecular flexibility index (Phi) is 4.13. The highest BCUT2D eigenvalue weighted by Crippen LogP contribution is 2.19. The quantitative estimate of drug-likeness (QED) is 0.781. The number of benzene rings is 1. The maximum Gasteiger partial charge on any atom is 0.151 e. The molecule has 1 atom stereocenters. The van der Waals surface area contributed by atoms with Gasteiger partial charge in [-0.05, 0) is 6.42 Å². The van der Waals surface area contributed by atoms with Crippen molar-refractivity contribution in [3.63, 3.8) is 0 Å². The van der Waals surface area contributed by atoms with Crippen LogP contribution in [-0.2, 0) is 25.9 Å². The summed E-state index contributed by atoms with van der Waals surface area (Å²) in [6.07, 6.45) is 2.93. The summed E-state index contributed by atoms with van der Waals surface area (Å²) < 4.78 is 7.49. The van der Waals surface area contributed by atoms with Gasteiger partial charge >= 0.3 is 0 Å². The molecule has 0 bridgehead atoms. The van der Waals surface area contributed by atoms with Crippen molar-refractivity contribution in [3.05, 3.63) is 53.8 Å². The van der Waals surface area contributed by atoms with E-state index in [9.17, 15) is 0 Å². The van der Waals surface area contributed by atoms with Crippen LogP contribution in [0.4, 0.5) is 0 Å². The first-order valence-electron chi connectivity index (χ1n) is 8.49. The molecule has 0 aliphatic carbocycles. The molecule has 6 nitrogen and oxygen atoms in total. The van der Waals surface area contributed by atoms with E-state index in [2.05, 4.69) is 27.5 Å². The van der Waals surface area contributed by atoms with Gasteiger partial charge in [-0.25, -0.2) is 9.67 Å². The number of hydrogen-bond donors (Lipinski definition) is 1. The summed E-state index contributed by atoms with van der Waals surface area (Å²) in [5, 5.41) is 12.3. The molecule has 1 N–H and O–H groups in total. The lowest BCUT2D eigenvalue weighted by Gasteiger charge is -2.23. The molecule has 6 heteroatoms. The zero-order valence-corrected chi connectivity index (χ0v) is 13.8. The van der Waals surface area contributed by atoms with E-state index in [4.69, 9.17) is 4.52 Å². The monoisotopic (exact) mass is 323 g/mol. The van der Waals surface area contributed by atoms with E-state index in [0.717, 1.165) is 54.5 Å². The van der Waals surface area contributed by atoms with Crippen molar-refractivity contribution in [2.24, 2.45) is 0 Å². The van der Waals surface area contributed by atoms with E-state index >= 15 is 0 Å². The van der Waals surface area contributed by atoms with Gasteiger partial charge in [-0.15, -0.1) is 0 Å². The minimum absolute atomic E-state index is 0.384. The van der Waals surface area contributed by atoms with Crippen LogP contribution in [0.1, 0.15) is 30.8 Å². The maximum absolute atomic E-state index is 5.45. The molecule has 0 saturated carbocycles. The number of nitrogens with zero attached hydrogens (tertiary/aromatic N) is 4. The molecule has 4 rings (SSSR count). The van der Waals surface area contributed by atoms with Crippen LogP contribution in [0.25, 0.3) is 11.3 Å². The van der Waals surface area contributed by atoms with Crippen LogP contribution < -0.4 is 5.32 Å². The Hall–Kier alpha value is -2.47. The molecule has 1 aromatic carbocycles. The van der Waals surface area contributed by atoms with E-state index in [1.54, 1.807) is 0 Å². The molecule has 2 aromatic heterocycles. The lowest BCUT2D eigenvalue weighted by molar-refractivity contribution is 0.325. The normalized spacial score (nSPS) is 17.0. The summed E-state index contributed by atoms with van der Waals surface area (Å²) in [5.74, 6) is 2.90. The fraction of sp³-hybridized carbons (Fsp3) is 0.389. The fourth-order valence-electron chi connectivity index (χ4n) is 3.06. The van der Waals surface area contributed by atoms with Crippen LogP contribution in [0.3, 0.4) is 0 Å². The van der Waals surface area contributed by atoms with Crippen LogP contribution in [0.15, 0.2) is 40.9 Å². The van der Waals surface area contributed by atoms with Gasteiger partial charge in [0.05, 0.1) is 13.1 Å². The summed E-state index contributed by atoms with van der Waals surface area (Å²) in [4.78, 5) is 4.55. The van der Waals surface area contributed by atoms with Crippen molar-refractivity contribution in [1.82, 2.24) is 25.2 Å². The third-order valence-electron chi connectivity index (χ3n) is 4.41. The van der Waals surface area contributed by atoms with E-state index < -0.39 is 0 Å². The van der Waals surface area contributed by atoms with Crippen LogP contribution in [-0.4, -0.2) is 26.0 Å². The van der Waals surface area contributed by atoms with Crippen LogP contribution in [0.5, 0.6) is 0 Å². The summed E-state index contributed by atoms with van der Waals surface area (Å²) in [6, 6.07) is 12.5. The third-order valence-corrected chi connectivity index (χ3v) is 4.41. The Labute approximate surface area is 140 Å². The first-order chi connectivity index (χ1) is 11.8. The highest BCUT2D eigenvalue weighted by Gasteiger charge is 2.21. The molecule has 0 spiro atoms. The number of aromatic nitrogens is 4. The molecule has 1 aliphatic heterocycles. The zero-order chi connectivity index (χ0) is 16.4. The van der Waals surface area contributed by atoms with E-state index in [-0.39, 0.29) is 0 Å². The lowest BCUT2D eigenvalue weighted by atomic mass is 10.1. The highest BCUT2D eigenvalue weighted by molar-refractivity contribution is 5.58. The first kappa shape index (κ1) is 15.1. The van der Waals surface area contributed by atoms with Gasteiger partial charge in [-0.2, -0.15) is 5.10 Å². The number of nitrogens with one attached hydrogen (secondary N) is 1. The van der Waals surface area contributed by atoms with Crippen molar-refractivity contribution >= 4 is 0 Å². The predicted molar refractivity (Wildman–Crippen MR) is 90.3 cm³/mol. The summed E-state index contributed by atoms with van der Waals surface area (Å²) in [5.41, 5.74) is 1.95. The van der Waals surface area contributed by atoms with Crippen molar-refractivity contribution in [3.8, 4) is 11.3 Å². The maximum atomic E-state index is 5.45. The zero-order valence-electron chi connectivity index (χ0n) is 13.8. The molecular formula is C18H21N5O. The molecule has 124 valence electrons. The molecule has 0 amide bonds. The van der Waals surface area contributed by atoms with Crippen LogP contribution >= 0.6 is 0 Å². The third kappa shape index (κ3) is 3.10. The van der Waals surface area contributed by atoms with Gasteiger partial charge in [-0.1, -0.05) is 42.4 Å². The van der Waals surface area contributed by atoms with Crippen molar-refractivity contribution in [2.45, 2.75) is 45.3 Å². The molecule has 24 heavy (non-hydrogen) atoms. The Balaban J connectivity index is 1.37.